The third-order valence-electron chi connectivity index (χ3n) is 2.64. The normalized spacial score (nSPS) is 10.5. The van der Waals surface area contributed by atoms with E-state index in [0.717, 1.165) is 0 Å². The van der Waals surface area contributed by atoms with Crippen LogP contribution in [0.15, 0.2) is 52.1 Å². The summed E-state index contributed by atoms with van der Waals surface area (Å²) in [5, 5.41) is 3.07. The first-order valence-corrected chi connectivity index (χ1v) is 5.56. The maximum absolute atomic E-state index is 11.8. The van der Waals surface area contributed by atoms with E-state index in [1.165, 1.54) is 12.6 Å². The number of rotatable bonds is 2. The fraction of sp³-hybridized carbons (Fsp3) is 0. The third-order valence-corrected chi connectivity index (χ3v) is 2.64. The second-order valence-electron chi connectivity index (χ2n) is 3.90. The van der Waals surface area contributed by atoms with Crippen LogP contribution in [0.5, 0.6) is 0 Å². The number of carbonyl (C=O) groups excluding carboxylic acids is 1. The Morgan fingerprint density at radius 1 is 1.32 bits per heavy atom. The quantitative estimate of drug-likeness (QED) is 0.730. The van der Waals surface area contributed by atoms with Crippen molar-refractivity contribution < 1.29 is 9.21 Å². The van der Waals surface area contributed by atoms with Gasteiger partial charge in [-0.15, -0.1) is 0 Å². The number of anilines is 1. The summed E-state index contributed by atoms with van der Waals surface area (Å²) in [5.74, 6) is -0.162. The van der Waals surface area contributed by atoms with E-state index in [0.29, 0.717) is 16.6 Å². The number of hydrogen-bond donors (Lipinski definition) is 2. The second-order valence-corrected chi connectivity index (χ2v) is 3.90. The van der Waals surface area contributed by atoms with Gasteiger partial charge in [0.1, 0.15) is 0 Å². The number of amides is 1. The van der Waals surface area contributed by atoms with Gasteiger partial charge in [-0.05, 0) is 30.3 Å². The molecule has 0 aliphatic heterocycles. The molecule has 0 radical (unpaired) electrons. The fourth-order valence-corrected chi connectivity index (χ4v) is 1.75. The third kappa shape index (κ3) is 2.11. The first-order chi connectivity index (χ1) is 9.24. The molecule has 0 fully saturated rings. The highest BCUT2D eigenvalue weighted by atomic mass is 16.3. The maximum atomic E-state index is 11.8. The first kappa shape index (κ1) is 11.2. The lowest BCUT2D eigenvalue weighted by Gasteiger charge is -2.04. The Kier molecular flexibility index (Phi) is 2.60. The van der Waals surface area contributed by atoms with Crippen LogP contribution in [0.2, 0.25) is 0 Å². The van der Waals surface area contributed by atoms with Gasteiger partial charge in [-0.2, -0.15) is 0 Å². The van der Waals surface area contributed by atoms with Crippen LogP contribution in [0, 0.1) is 0 Å². The summed E-state index contributed by atoms with van der Waals surface area (Å²) in [4.78, 5) is 29.9. The van der Waals surface area contributed by atoms with Crippen molar-refractivity contribution in [3.05, 3.63) is 59.0 Å². The van der Waals surface area contributed by atoms with E-state index < -0.39 is 0 Å². The highest BCUT2D eigenvalue weighted by Gasteiger charge is 2.09. The highest BCUT2D eigenvalue weighted by Crippen LogP contribution is 2.15. The molecule has 2 aromatic heterocycles. The molecule has 0 atom stereocenters. The lowest BCUT2D eigenvalue weighted by Crippen LogP contribution is -2.12. The first-order valence-electron chi connectivity index (χ1n) is 5.56. The van der Waals surface area contributed by atoms with E-state index in [9.17, 15) is 9.59 Å². The van der Waals surface area contributed by atoms with Crippen molar-refractivity contribution in [1.29, 1.82) is 0 Å². The average molecular weight is 255 g/mol. The van der Waals surface area contributed by atoms with Gasteiger partial charge in [0, 0.05) is 5.69 Å². The lowest BCUT2D eigenvalue weighted by molar-refractivity contribution is 0.0996. The molecule has 1 amide bonds. The van der Waals surface area contributed by atoms with Gasteiger partial charge in [0.05, 0.1) is 23.5 Å². The van der Waals surface area contributed by atoms with Crippen molar-refractivity contribution in [2.45, 2.75) is 0 Å². The molecule has 0 saturated carbocycles. The summed E-state index contributed by atoms with van der Waals surface area (Å²) >= 11 is 0. The van der Waals surface area contributed by atoms with Crippen LogP contribution in [-0.2, 0) is 0 Å². The van der Waals surface area contributed by atoms with Gasteiger partial charge in [0.25, 0.3) is 11.5 Å². The molecule has 0 unspecified atom stereocenters. The number of fused-ring (bicyclic) bond motifs is 1. The van der Waals surface area contributed by atoms with E-state index in [1.807, 2.05) is 0 Å². The zero-order valence-electron chi connectivity index (χ0n) is 9.71. The number of H-pyrrole nitrogens is 1. The van der Waals surface area contributed by atoms with Crippen molar-refractivity contribution >= 4 is 22.5 Å². The topological polar surface area (TPSA) is 88.0 Å². The molecule has 19 heavy (non-hydrogen) atoms. The van der Waals surface area contributed by atoms with Gasteiger partial charge in [-0.3, -0.25) is 9.59 Å². The summed E-state index contributed by atoms with van der Waals surface area (Å²) in [6.07, 6.45) is 2.76. The largest absolute Gasteiger partial charge is 0.459 e. The van der Waals surface area contributed by atoms with Gasteiger partial charge in [0.2, 0.25) is 0 Å². The number of carbonyl (C=O) groups is 1. The monoisotopic (exact) mass is 255 g/mol. The number of hydrogen-bond acceptors (Lipinski definition) is 4. The molecule has 0 bridgehead atoms. The molecule has 0 saturated heterocycles. The molecule has 3 rings (SSSR count). The number of nitrogens with zero attached hydrogens (tertiary/aromatic N) is 1. The van der Waals surface area contributed by atoms with Crippen molar-refractivity contribution in [3.63, 3.8) is 0 Å². The smallest absolute Gasteiger partial charge is 0.291 e. The number of nitrogens with one attached hydrogen (secondary N) is 2. The minimum atomic E-state index is -0.371. The Balaban J connectivity index is 1.96. The zero-order valence-corrected chi connectivity index (χ0v) is 9.71. The molecule has 0 aliphatic carbocycles. The van der Waals surface area contributed by atoms with Crippen LogP contribution < -0.4 is 10.9 Å². The van der Waals surface area contributed by atoms with Crippen LogP contribution in [-0.4, -0.2) is 15.9 Å². The Morgan fingerprint density at radius 2 is 2.21 bits per heavy atom. The SMILES string of the molecule is O=C(Nc1ccc2nc[nH]c(=O)c2c1)c1ccco1. The van der Waals surface area contributed by atoms with Crippen molar-refractivity contribution in [1.82, 2.24) is 9.97 Å². The summed E-state index contributed by atoms with van der Waals surface area (Å²) in [6.45, 7) is 0. The van der Waals surface area contributed by atoms with E-state index in [4.69, 9.17) is 4.42 Å². The molecule has 2 heterocycles. The van der Waals surface area contributed by atoms with Crippen molar-refractivity contribution in [2.24, 2.45) is 0 Å². The van der Waals surface area contributed by atoms with Crippen LogP contribution in [0.25, 0.3) is 10.9 Å². The Morgan fingerprint density at radius 3 is 3.00 bits per heavy atom. The minimum Gasteiger partial charge on any atom is -0.459 e. The Bertz CT molecular complexity index is 790. The predicted molar refractivity (Wildman–Crippen MR) is 69.0 cm³/mol. The second kappa shape index (κ2) is 4.41. The number of aromatic nitrogens is 2. The standard InChI is InChI=1S/C13H9N3O3/c17-12-9-6-8(3-4-10(9)14-7-15-12)16-13(18)11-2-1-5-19-11/h1-7H,(H,16,18)(H,14,15,17). The van der Waals surface area contributed by atoms with E-state index in [1.54, 1.807) is 30.3 Å². The molecule has 3 aromatic rings. The molecule has 6 nitrogen and oxygen atoms in total. The molecule has 0 aliphatic rings. The minimum absolute atomic E-state index is 0.209. The average Bonchev–Trinajstić information content (AvgIpc) is 2.94. The van der Waals surface area contributed by atoms with E-state index in [-0.39, 0.29) is 17.2 Å². The van der Waals surface area contributed by atoms with Gasteiger partial charge >= 0.3 is 0 Å². The summed E-state index contributed by atoms with van der Waals surface area (Å²) in [6, 6.07) is 8.11. The number of benzene rings is 1. The van der Waals surface area contributed by atoms with Crippen molar-refractivity contribution in [2.75, 3.05) is 5.32 Å². The maximum Gasteiger partial charge on any atom is 0.291 e. The molecular weight excluding hydrogens is 246 g/mol. The molecule has 6 heteroatoms. The summed E-state index contributed by atoms with van der Waals surface area (Å²) in [5.41, 5.74) is 0.825. The molecular formula is C13H9N3O3. The van der Waals surface area contributed by atoms with Crippen LogP contribution in [0.3, 0.4) is 0 Å². The molecule has 1 aromatic carbocycles. The van der Waals surface area contributed by atoms with Crippen LogP contribution >= 0.6 is 0 Å². The van der Waals surface area contributed by atoms with Crippen LogP contribution in [0.1, 0.15) is 10.6 Å². The molecule has 2 N–H and O–H groups in total. The molecule has 94 valence electrons. The van der Waals surface area contributed by atoms with E-state index >= 15 is 0 Å². The Hall–Kier alpha value is -2.89. The summed E-state index contributed by atoms with van der Waals surface area (Å²) in [7, 11) is 0. The van der Waals surface area contributed by atoms with Gasteiger partial charge in [-0.1, -0.05) is 0 Å². The van der Waals surface area contributed by atoms with Crippen molar-refractivity contribution in [3.8, 4) is 0 Å². The number of furan rings is 1. The van der Waals surface area contributed by atoms with Gasteiger partial charge in [-0.25, -0.2) is 4.98 Å². The van der Waals surface area contributed by atoms with Gasteiger partial charge < -0.3 is 14.7 Å². The predicted octanol–water partition coefficient (Wildman–Crippen LogP) is 1.77. The fourth-order valence-electron chi connectivity index (χ4n) is 1.75. The zero-order chi connectivity index (χ0) is 13.2. The van der Waals surface area contributed by atoms with Crippen LogP contribution in [0.4, 0.5) is 5.69 Å². The van der Waals surface area contributed by atoms with E-state index in [2.05, 4.69) is 15.3 Å². The summed E-state index contributed by atoms with van der Waals surface area (Å²) < 4.78 is 4.99. The molecule has 0 spiro atoms. The Labute approximate surface area is 107 Å². The lowest BCUT2D eigenvalue weighted by atomic mass is 10.2. The highest BCUT2D eigenvalue weighted by molar-refractivity contribution is 6.03. The van der Waals surface area contributed by atoms with Gasteiger partial charge in [0.15, 0.2) is 5.76 Å². The number of aromatic amines is 1.